The van der Waals surface area contributed by atoms with Crippen molar-refractivity contribution in [1.29, 1.82) is 0 Å². The predicted octanol–water partition coefficient (Wildman–Crippen LogP) is 4.35. The van der Waals surface area contributed by atoms with E-state index in [1.165, 1.54) is 0 Å². The Kier molecular flexibility index (Phi) is 8.88. The van der Waals surface area contributed by atoms with Gasteiger partial charge in [0.2, 0.25) is 5.88 Å². The van der Waals surface area contributed by atoms with Crippen LogP contribution in [0.15, 0.2) is 54.6 Å². The number of nitrogens with zero attached hydrogens (tertiary/aromatic N) is 3. The van der Waals surface area contributed by atoms with E-state index < -0.39 is 6.10 Å². The highest BCUT2D eigenvalue weighted by molar-refractivity contribution is 5.65. The molecule has 0 saturated carbocycles. The Morgan fingerprint density at radius 3 is 2.27 bits per heavy atom. The summed E-state index contributed by atoms with van der Waals surface area (Å²) < 4.78 is 18.8. The van der Waals surface area contributed by atoms with Crippen LogP contribution < -0.4 is 9.47 Å². The second kappa shape index (κ2) is 11.8. The van der Waals surface area contributed by atoms with Gasteiger partial charge in [-0.1, -0.05) is 56.3 Å². The standard InChI is InChI=1S/C26H35N3O4/c1-19(2)15-29(16-21(30)18-31-4)17-22-25(20-11-7-6-8-12-20)27-28(3)26(22)33-24-14-10-9-13-23(24)32-5/h6-14,19,21,30H,15-18H2,1-5H3. The number of hydrogen-bond donors (Lipinski definition) is 1. The van der Waals surface area contributed by atoms with E-state index in [-0.39, 0.29) is 6.61 Å². The Hall–Kier alpha value is -2.87. The maximum Gasteiger partial charge on any atom is 0.222 e. The van der Waals surface area contributed by atoms with E-state index in [9.17, 15) is 5.11 Å². The molecule has 3 rings (SSSR count). The van der Waals surface area contributed by atoms with E-state index in [1.807, 2.05) is 61.6 Å². The summed E-state index contributed by atoms with van der Waals surface area (Å²) in [7, 11) is 5.11. The van der Waals surface area contributed by atoms with Crippen molar-refractivity contribution in [3.05, 3.63) is 60.2 Å². The first-order chi connectivity index (χ1) is 15.9. The lowest BCUT2D eigenvalue weighted by Crippen LogP contribution is -2.36. The lowest BCUT2D eigenvalue weighted by Gasteiger charge is -2.27. The summed E-state index contributed by atoms with van der Waals surface area (Å²) in [5.74, 6) is 2.35. The van der Waals surface area contributed by atoms with Gasteiger partial charge in [0.1, 0.15) is 5.69 Å². The minimum atomic E-state index is -0.579. The van der Waals surface area contributed by atoms with Crippen molar-refractivity contribution in [1.82, 2.24) is 14.7 Å². The van der Waals surface area contributed by atoms with Crippen LogP contribution in [0.5, 0.6) is 17.4 Å². The van der Waals surface area contributed by atoms with Crippen molar-refractivity contribution in [2.75, 3.05) is 33.9 Å². The lowest BCUT2D eigenvalue weighted by atomic mass is 10.1. The van der Waals surface area contributed by atoms with E-state index in [0.717, 1.165) is 23.4 Å². The summed E-state index contributed by atoms with van der Waals surface area (Å²) >= 11 is 0. The molecule has 0 aliphatic heterocycles. The Morgan fingerprint density at radius 1 is 0.970 bits per heavy atom. The van der Waals surface area contributed by atoms with Crippen LogP contribution >= 0.6 is 0 Å². The third-order valence-corrected chi connectivity index (χ3v) is 5.24. The first-order valence-electron chi connectivity index (χ1n) is 11.2. The van der Waals surface area contributed by atoms with Crippen LogP contribution in [0, 0.1) is 5.92 Å². The van der Waals surface area contributed by atoms with Gasteiger partial charge in [0.25, 0.3) is 0 Å². The summed E-state index contributed by atoms with van der Waals surface area (Å²) in [6.45, 7) is 6.51. The number of rotatable bonds is 12. The predicted molar refractivity (Wildman–Crippen MR) is 130 cm³/mol. The number of para-hydroxylation sites is 2. The molecule has 33 heavy (non-hydrogen) atoms. The molecule has 2 aromatic carbocycles. The van der Waals surface area contributed by atoms with Crippen LogP contribution in [0.4, 0.5) is 0 Å². The zero-order chi connectivity index (χ0) is 23.8. The van der Waals surface area contributed by atoms with Crippen molar-refractivity contribution >= 4 is 0 Å². The molecule has 0 bridgehead atoms. The highest BCUT2D eigenvalue weighted by atomic mass is 16.5. The molecule has 7 heteroatoms. The molecule has 0 amide bonds. The number of aliphatic hydroxyl groups is 1. The molecule has 7 nitrogen and oxygen atoms in total. The van der Waals surface area contributed by atoms with Gasteiger partial charge in [-0.25, -0.2) is 4.68 Å². The fourth-order valence-corrected chi connectivity index (χ4v) is 3.94. The highest BCUT2D eigenvalue weighted by Crippen LogP contribution is 2.37. The maximum absolute atomic E-state index is 10.4. The van der Waals surface area contributed by atoms with E-state index in [4.69, 9.17) is 19.3 Å². The van der Waals surface area contributed by atoms with Crippen molar-refractivity contribution in [3.8, 4) is 28.6 Å². The number of aryl methyl sites for hydroxylation is 1. The van der Waals surface area contributed by atoms with Gasteiger partial charge in [-0.05, 0) is 18.1 Å². The summed E-state index contributed by atoms with van der Waals surface area (Å²) in [6.07, 6.45) is -0.579. The molecule has 178 valence electrons. The van der Waals surface area contributed by atoms with Gasteiger partial charge in [-0.2, -0.15) is 5.10 Å². The van der Waals surface area contributed by atoms with Crippen LogP contribution in [-0.4, -0.2) is 59.8 Å². The number of benzene rings is 2. The van der Waals surface area contributed by atoms with Gasteiger partial charge in [-0.3, -0.25) is 4.90 Å². The molecule has 0 aliphatic carbocycles. The average Bonchev–Trinajstić information content (AvgIpc) is 3.09. The van der Waals surface area contributed by atoms with E-state index >= 15 is 0 Å². The van der Waals surface area contributed by atoms with Gasteiger partial charge in [0, 0.05) is 39.4 Å². The molecule has 3 aromatic rings. The molecular formula is C26H35N3O4. The third-order valence-electron chi connectivity index (χ3n) is 5.24. The van der Waals surface area contributed by atoms with Crippen LogP contribution in [0.25, 0.3) is 11.3 Å². The molecule has 1 heterocycles. The van der Waals surface area contributed by atoms with Gasteiger partial charge in [0.05, 0.1) is 25.4 Å². The lowest BCUT2D eigenvalue weighted by molar-refractivity contribution is 0.0330. The summed E-state index contributed by atoms with van der Waals surface area (Å²) in [4.78, 5) is 2.23. The molecule has 1 N–H and O–H groups in total. The Bertz CT molecular complexity index is 1000. The van der Waals surface area contributed by atoms with Crippen molar-refractivity contribution in [3.63, 3.8) is 0 Å². The number of aromatic nitrogens is 2. The number of hydrogen-bond acceptors (Lipinski definition) is 6. The number of methoxy groups -OCH3 is 2. The zero-order valence-corrected chi connectivity index (χ0v) is 20.2. The smallest absolute Gasteiger partial charge is 0.222 e. The Morgan fingerprint density at radius 2 is 1.64 bits per heavy atom. The largest absolute Gasteiger partial charge is 0.493 e. The molecule has 0 radical (unpaired) electrons. The quantitative estimate of drug-likeness (QED) is 0.440. The second-order valence-corrected chi connectivity index (χ2v) is 8.57. The van der Waals surface area contributed by atoms with Crippen LogP contribution in [-0.2, 0) is 18.3 Å². The average molecular weight is 454 g/mol. The summed E-state index contributed by atoms with van der Waals surface area (Å²) in [5.41, 5.74) is 2.83. The van der Waals surface area contributed by atoms with Crippen LogP contribution in [0.1, 0.15) is 19.4 Å². The molecule has 0 spiro atoms. The second-order valence-electron chi connectivity index (χ2n) is 8.57. The molecule has 1 unspecified atom stereocenters. The summed E-state index contributed by atoms with van der Waals surface area (Å²) in [5, 5.41) is 15.3. The third kappa shape index (κ3) is 6.57. The van der Waals surface area contributed by atoms with Gasteiger partial charge in [-0.15, -0.1) is 0 Å². The van der Waals surface area contributed by atoms with Crippen molar-refractivity contribution in [2.45, 2.75) is 26.5 Å². The number of ether oxygens (including phenoxy) is 3. The van der Waals surface area contributed by atoms with E-state index in [1.54, 1.807) is 18.9 Å². The minimum Gasteiger partial charge on any atom is -0.493 e. The topological polar surface area (TPSA) is 69.0 Å². The highest BCUT2D eigenvalue weighted by Gasteiger charge is 2.24. The first-order valence-corrected chi connectivity index (χ1v) is 11.2. The monoisotopic (exact) mass is 453 g/mol. The molecule has 0 saturated heterocycles. The Balaban J connectivity index is 2.03. The first kappa shape index (κ1) is 24.8. The fraction of sp³-hybridized carbons (Fsp3) is 0.423. The number of aliphatic hydroxyl groups excluding tert-OH is 1. The van der Waals surface area contributed by atoms with Gasteiger partial charge < -0.3 is 19.3 Å². The SMILES string of the molecule is COCC(O)CN(Cc1c(-c2ccccc2)nn(C)c1Oc1ccccc1OC)CC(C)C. The van der Waals surface area contributed by atoms with Crippen molar-refractivity contribution in [2.24, 2.45) is 13.0 Å². The zero-order valence-electron chi connectivity index (χ0n) is 20.2. The molecule has 0 fully saturated rings. The van der Waals surface area contributed by atoms with Gasteiger partial charge in [0.15, 0.2) is 11.5 Å². The maximum atomic E-state index is 10.4. The van der Waals surface area contributed by atoms with Crippen LogP contribution in [0.3, 0.4) is 0 Å². The summed E-state index contributed by atoms with van der Waals surface area (Å²) in [6, 6.07) is 17.7. The molecule has 1 aromatic heterocycles. The minimum absolute atomic E-state index is 0.289. The molecule has 0 aliphatic rings. The van der Waals surface area contributed by atoms with E-state index in [0.29, 0.717) is 36.4 Å². The van der Waals surface area contributed by atoms with E-state index in [2.05, 4.69) is 18.7 Å². The van der Waals surface area contributed by atoms with Crippen LogP contribution in [0.2, 0.25) is 0 Å². The fourth-order valence-electron chi connectivity index (χ4n) is 3.94. The molecular weight excluding hydrogens is 418 g/mol. The van der Waals surface area contributed by atoms with Crippen molar-refractivity contribution < 1.29 is 19.3 Å². The normalized spacial score (nSPS) is 12.4. The van der Waals surface area contributed by atoms with Gasteiger partial charge >= 0.3 is 0 Å². The Labute approximate surface area is 196 Å². The molecule has 1 atom stereocenters.